The Balaban J connectivity index is 2.35. The minimum atomic E-state index is -0.883. The van der Waals surface area contributed by atoms with Gasteiger partial charge in [-0.15, -0.1) is 11.3 Å². The van der Waals surface area contributed by atoms with Crippen LogP contribution in [0.1, 0.15) is 5.82 Å². The molecule has 2 rings (SSSR count). The van der Waals surface area contributed by atoms with Crippen molar-refractivity contribution >= 4 is 23.1 Å². The zero-order valence-electron chi connectivity index (χ0n) is 10.1. The van der Waals surface area contributed by atoms with Gasteiger partial charge in [0.05, 0.1) is 10.6 Å². The van der Waals surface area contributed by atoms with E-state index in [0.29, 0.717) is 11.6 Å². The minimum Gasteiger partial charge on any atom is -0.480 e. The first-order valence-corrected chi connectivity index (χ1v) is 6.26. The highest BCUT2D eigenvalue weighted by atomic mass is 32.1. The lowest BCUT2D eigenvalue weighted by Gasteiger charge is -2.16. The highest BCUT2D eigenvalue weighted by molar-refractivity contribution is 7.13. The summed E-state index contributed by atoms with van der Waals surface area (Å²) < 4.78 is 0. The molecule has 0 spiro atoms. The second-order valence-electron chi connectivity index (χ2n) is 3.89. The van der Waals surface area contributed by atoms with Crippen molar-refractivity contribution in [3.63, 3.8) is 0 Å². The monoisotopic (exact) mass is 263 g/mol. The van der Waals surface area contributed by atoms with E-state index in [2.05, 4.69) is 9.97 Å². The van der Waals surface area contributed by atoms with Crippen LogP contribution in [0, 0.1) is 6.92 Å². The Kier molecular flexibility index (Phi) is 3.57. The second-order valence-corrected chi connectivity index (χ2v) is 4.83. The Hall–Kier alpha value is -1.95. The molecule has 5 nitrogen and oxygen atoms in total. The molecule has 0 amide bonds. The third kappa shape index (κ3) is 2.84. The van der Waals surface area contributed by atoms with E-state index < -0.39 is 5.97 Å². The summed E-state index contributed by atoms with van der Waals surface area (Å²) in [6.07, 6.45) is 0. The van der Waals surface area contributed by atoms with Crippen molar-refractivity contribution in [1.82, 2.24) is 9.97 Å². The third-order valence-electron chi connectivity index (χ3n) is 2.36. The van der Waals surface area contributed by atoms with Gasteiger partial charge in [0.1, 0.15) is 18.2 Å². The molecule has 0 radical (unpaired) electrons. The van der Waals surface area contributed by atoms with Crippen LogP contribution < -0.4 is 4.90 Å². The molecule has 0 fully saturated rings. The molecule has 2 aromatic heterocycles. The van der Waals surface area contributed by atoms with Gasteiger partial charge in [-0.25, -0.2) is 9.97 Å². The number of carboxylic acid groups (broad SMARTS) is 1. The molecule has 0 saturated heterocycles. The van der Waals surface area contributed by atoms with Crippen molar-refractivity contribution in [3.05, 3.63) is 29.4 Å². The Morgan fingerprint density at radius 2 is 2.28 bits per heavy atom. The SMILES string of the molecule is Cc1nc(-c2cccs2)cc(N(C)CC(=O)O)n1. The predicted octanol–water partition coefficient (Wildman–Crippen LogP) is 2.03. The summed E-state index contributed by atoms with van der Waals surface area (Å²) in [7, 11) is 1.70. The summed E-state index contributed by atoms with van der Waals surface area (Å²) >= 11 is 1.59. The van der Waals surface area contributed by atoms with Crippen molar-refractivity contribution in [2.75, 3.05) is 18.5 Å². The molecule has 0 unspecified atom stereocenters. The number of hydrogen-bond acceptors (Lipinski definition) is 5. The van der Waals surface area contributed by atoms with Crippen LogP contribution in [0.3, 0.4) is 0 Å². The fourth-order valence-corrected chi connectivity index (χ4v) is 2.27. The molecule has 6 heteroatoms. The van der Waals surface area contributed by atoms with Crippen molar-refractivity contribution in [3.8, 4) is 10.6 Å². The van der Waals surface area contributed by atoms with Crippen LogP contribution >= 0.6 is 11.3 Å². The third-order valence-corrected chi connectivity index (χ3v) is 3.25. The first-order chi connectivity index (χ1) is 8.56. The van der Waals surface area contributed by atoms with Crippen molar-refractivity contribution in [1.29, 1.82) is 0 Å². The molecule has 0 bridgehead atoms. The number of carbonyl (C=O) groups is 1. The summed E-state index contributed by atoms with van der Waals surface area (Å²) in [6.45, 7) is 1.72. The molecule has 0 aromatic carbocycles. The number of aliphatic carboxylic acids is 1. The molecule has 0 aliphatic carbocycles. The molecule has 18 heavy (non-hydrogen) atoms. The summed E-state index contributed by atoms with van der Waals surface area (Å²) in [6, 6.07) is 5.74. The number of thiophene rings is 1. The lowest BCUT2D eigenvalue weighted by atomic mass is 10.3. The number of aryl methyl sites for hydroxylation is 1. The maximum Gasteiger partial charge on any atom is 0.323 e. The van der Waals surface area contributed by atoms with E-state index in [4.69, 9.17) is 5.11 Å². The zero-order chi connectivity index (χ0) is 13.1. The average Bonchev–Trinajstić information content (AvgIpc) is 2.80. The molecular formula is C12H13N3O2S. The first kappa shape index (κ1) is 12.5. The zero-order valence-corrected chi connectivity index (χ0v) is 10.9. The average molecular weight is 263 g/mol. The van der Waals surface area contributed by atoms with E-state index in [9.17, 15) is 4.79 Å². The van der Waals surface area contributed by atoms with Gasteiger partial charge in [0.25, 0.3) is 0 Å². The van der Waals surface area contributed by atoms with E-state index in [-0.39, 0.29) is 6.54 Å². The highest BCUT2D eigenvalue weighted by Crippen LogP contribution is 2.25. The lowest BCUT2D eigenvalue weighted by Crippen LogP contribution is -2.26. The maximum absolute atomic E-state index is 10.7. The van der Waals surface area contributed by atoms with E-state index in [0.717, 1.165) is 10.6 Å². The van der Waals surface area contributed by atoms with Gasteiger partial charge < -0.3 is 10.0 Å². The molecule has 94 valence electrons. The number of nitrogens with zero attached hydrogens (tertiary/aromatic N) is 3. The van der Waals surface area contributed by atoms with Gasteiger partial charge >= 0.3 is 5.97 Å². The van der Waals surface area contributed by atoms with Crippen LogP contribution in [0.5, 0.6) is 0 Å². The van der Waals surface area contributed by atoms with Gasteiger partial charge in [-0.2, -0.15) is 0 Å². The Morgan fingerprint density at radius 3 is 2.89 bits per heavy atom. The Bertz CT molecular complexity index is 554. The second kappa shape index (κ2) is 5.14. The van der Waals surface area contributed by atoms with Crippen LogP contribution in [0.15, 0.2) is 23.6 Å². The maximum atomic E-state index is 10.7. The van der Waals surface area contributed by atoms with Crippen LogP contribution in [-0.4, -0.2) is 34.6 Å². The van der Waals surface area contributed by atoms with E-state index in [1.165, 1.54) is 0 Å². The van der Waals surface area contributed by atoms with Gasteiger partial charge in [-0.1, -0.05) is 6.07 Å². The Labute approximate surface area is 109 Å². The summed E-state index contributed by atoms with van der Waals surface area (Å²) in [5.41, 5.74) is 0.824. The largest absolute Gasteiger partial charge is 0.480 e. The van der Waals surface area contributed by atoms with Crippen LogP contribution in [-0.2, 0) is 4.79 Å². The number of aromatic nitrogens is 2. The van der Waals surface area contributed by atoms with Gasteiger partial charge in [0.2, 0.25) is 0 Å². The quantitative estimate of drug-likeness (QED) is 0.914. The van der Waals surface area contributed by atoms with E-state index in [1.54, 1.807) is 30.2 Å². The van der Waals surface area contributed by atoms with E-state index >= 15 is 0 Å². The molecule has 0 aliphatic heterocycles. The number of rotatable bonds is 4. The normalized spacial score (nSPS) is 10.3. The van der Waals surface area contributed by atoms with Crippen molar-refractivity contribution in [2.24, 2.45) is 0 Å². The van der Waals surface area contributed by atoms with Crippen molar-refractivity contribution < 1.29 is 9.90 Å². The lowest BCUT2D eigenvalue weighted by molar-refractivity contribution is -0.135. The fourth-order valence-electron chi connectivity index (χ4n) is 1.58. The van der Waals surface area contributed by atoms with Gasteiger partial charge in [-0.3, -0.25) is 4.79 Å². The molecule has 2 aromatic rings. The highest BCUT2D eigenvalue weighted by Gasteiger charge is 2.11. The Morgan fingerprint density at radius 1 is 1.50 bits per heavy atom. The molecule has 1 N–H and O–H groups in total. The molecule has 0 saturated carbocycles. The van der Waals surface area contributed by atoms with Gasteiger partial charge in [0.15, 0.2) is 0 Å². The minimum absolute atomic E-state index is 0.0830. The summed E-state index contributed by atoms with van der Waals surface area (Å²) in [4.78, 5) is 22.0. The smallest absolute Gasteiger partial charge is 0.323 e. The van der Waals surface area contributed by atoms with Gasteiger partial charge in [-0.05, 0) is 18.4 Å². The molecule has 0 aliphatic rings. The first-order valence-electron chi connectivity index (χ1n) is 5.39. The topological polar surface area (TPSA) is 66.3 Å². The molecule has 0 atom stereocenters. The van der Waals surface area contributed by atoms with Crippen LogP contribution in [0.2, 0.25) is 0 Å². The number of carboxylic acids is 1. The summed E-state index contributed by atoms with van der Waals surface area (Å²) in [5, 5.41) is 10.8. The van der Waals surface area contributed by atoms with E-state index in [1.807, 2.05) is 23.6 Å². The van der Waals surface area contributed by atoms with Crippen LogP contribution in [0.4, 0.5) is 5.82 Å². The molecule has 2 heterocycles. The van der Waals surface area contributed by atoms with Gasteiger partial charge in [0, 0.05) is 13.1 Å². The number of anilines is 1. The van der Waals surface area contributed by atoms with Crippen LogP contribution in [0.25, 0.3) is 10.6 Å². The fraction of sp³-hybridized carbons (Fsp3) is 0.250. The standard InChI is InChI=1S/C12H13N3O2S/c1-8-13-9(10-4-3-5-18-10)6-11(14-8)15(2)7-12(16)17/h3-6H,7H2,1-2H3,(H,16,17). The predicted molar refractivity (Wildman–Crippen MR) is 71.0 cm³/mol. The summed E-state index contributed by atoms with van der Waals surface area (Å²) in [5.74, 6) is 0.368. The number of hydrogen-bond donors (Lipinski definition) is 1. The van der Waals surface area contributed by atoms with Crippen molar-refractivity contribution in [2.45, 2.75) is 6.92 Å². The number of likely N-dealkylation sites (N-methyl/N-ethyl adjacent to an activating group) is 1. The molecular weight excluding hydrogens is 250 g/mol.